The van der Waals surface area contributed by atoms with Crippen molar-refractivity contribution in [2.24, 2.45) is 0 Å². The molecule has 0 aliphatic rings. The Balaban J connectivity index is 3.01. The first-order valence-electron chi connectivity index (χ1n) is 3.13. The smallest absolute Gasteiger partial charge is 0.387 e. The van der Waals surface area contributed by atoms with Crippen LogP contribution >= 0.6 is 15.9 Å². The lowest BCUT2D eigenvalue weighted by Gasteiger charge is -2.06. The lowest BCUT2D eigenvalue weighted by Crippen LogP contribution is -2.03. The molecule has 0 radical (unpaired) electrons. The van der Waals surface area contributed by atoms with Gasteiger partial charge in [-0.05, 0) is 15.9 Å². The van der Waals surface area contributed by atoms with E-state index in [0.717, 1.165) is 6.07 Å². The van der Waals surface area contributed by atoms with Crippen molar-refractivity contribution in [2.75, 3.05) is 0 Å². The Morgan fingerprint density at radius 1 is 1.38 bits per heavy atom. The van der Waals surface area contributed by atoms with Crippen molar-refractivity contribution in [3.8, 4) is 11.5 Å². The summed E-state index contributed by atoms with van der Waals surface area (Å²) in [7, 11) is 0. The van der Waals surface area contributed by atoms with Crippen LogP contribution in [0.25, 0.3) is 0 Å². The number of ether oxygens (including phenoxy) is 1. The van der Waals surface area contributed by atoms with Gasteiger partial charge in [0.05, 0.1) is 4.47 Å². The highest BCUT2D eigenvalue weighted by molar-refractivity contribution is 9.10. The highest BCUT2D eigenvalue weighted by atomic mass is 79.9. The lowest BCUT2D eigenvalue weighted by atomic mass is 10.3. The van der Waals surface area contributed by atoms with Crippen LogP contribution in [-0.4, -0.2) is 11.7 Å². The number of phenolic OH excluding ortho intramolecular Hbond substituents is 1. The lowest BCUT2D eigenvalue weighted by molar-refractivity contribution is -0.0522. The van der Waals surface area contributed by atoms with Gasteiger partial charge in [0, 0.05) is 12.1 Å². The van der Waals surface area contributed by atoms with Crippen molar-refractivity contribution >= 4 is 15.9 Å². The number of hydrogen-bond acceptors (Lipinski definition) is 2. The monoisotopic (exact) mass is 256 g/mol. The molecule has 0 aliphatic carbocycles. The third kappa shape index (κ3) is 2.51. The van der Waals surface area contributed by atoms with Crippen LogP contribution in [0.5, 0.6) is 11.5 Å². The fourth-order valence-electron chi connectivity index (χ4n) is 0.704. The Labute approximate surface area is 80.1 Å². The molecule has 0 saturated heterocycles. The zero-order chi connectivity index (χ0) is 10.0. The minimum absolute atomic E-state index is 0.0875. The molecule has 0 atom stereocenters. The molecule has 1 rings (SSSR count). The van der Waals surface area contributed by atoms with Gasteiger partial charge < -0.3 is 9.84 Å². The quantitative estimate of drug-likeness (QED) is 0.882. The SMILES string of the molecule is Oc1cc(F)c(OC(F)F)cc1Br. The summed E-state index contributed by atoms with van der Waals surface area (Å²) >= 11 is 2.83. The van der Waals surface area contributed by atoms with Gasteiger partial charge in [-0.2, -0.15) is 8.78 Å². The largest absolute Gasteiger partial charge is 0.507 e. The molecule has 0 fully saturated rings. The molecule has 1 aromatic carbocycles. The molecule has 0 unspecified atom stereocenters. The first kappa shape index (κ1) is 10.2. The Hall–Kier alpha value is -0.910. The summed E-state index contributed by atoms with van der Waals surface area (Å²) in [6.45, 7) is -3.09. The predicted molar refractivity (Wildman–Crippen MR) is 42.4 cm³/mol. The molecular formula is C7H4BrF3O2. The van der Waals surface area contributed by atoms with Crippen LogP contribution in [-0.2, 0) is 0 Å². The maximum atomic E-state index is 12.8. The number of hydrogen-bond donors (Lipinski definition) is 1. The Morgan fingerprint density at radius 3 is 2.54 bits per heavy atom. The molecule has 72 valence electrons. The summed E-state index contributed by atoms with van der Waals surface area (Å²) in [6, 6.07) is 1.61. The highest BCUT2D eigenvalue weighted by Crippen LogP contribution is 2.31. The van der Waals surface area contributed by atoms with Gasteiger partial charge in [-0.15, -0.1) is 0 Å². The van der Waals surface area contributed by atoms with Gasteiger partial charge in [0.2, 0.25) is 0 Å². The van der Waals surface area contributed by atoms with Gasteiger partial charge >= 0.3 is 6.61 Å². The van der Waals surface area contributed by atoms with Crippen molar-refractivity contribution in [2.45, 2.75) is 6.61 Å². The van der Waals surface area contributed by atoms with Crippen LogP contribution in [0.4, 0.5) is 13.2 Å². The van der Waals surface area contributed by atoms with Gasteiger partial charge in [-0.25, -0.2) is 4.39 Å². The van der Waals surface area contributed by atoms with E-state index in [1.54, 1.807) is 0 Å². The minimum atomic E-state index is -3.09. The average Bonchev–Trinajstić information content (AvgIpc) is 1.99. The van der Waals surface area contributed by atoms with Crippen LogP contribution < -0.4 is 4.74 Å². The maximum absolute atomic E-state index is 12.8. The molecule has 0 heterocycles. The second-order valence-electron chi connectivity index (χ2n) is 2.11. The van der Waals surface area contributed by atoms with Crippen LogP contribution in [0.3, 0.4) is 0 Å². The van der Waals surface area contributed by atoms with E-state index in [1.165, 1.54) is 0 Å². The molecule has 2 nitrogen and oxygen atoms in total. The molecule has 0 spiro atoms. The fraction of sp³-hybridized carbons (Fsp3) is 0.143. The second kappa shape index (κ2) is 3.87. The number of halogens is 4. The molecule has 0 aromatic heterocycles. The molecular weight excluding hydrogens is 253 g/mol. The van der Waals surface area contributed by atoms with E-state index >= 15 is 0 Å². The Bertz CT molecular complexity index is 317. The average molecular weight is 257 g/mol. The summed E-state index contributed by atoms with van der Waals surface area (Å²) in [5.41, 5.74) is 0. The zero-order valence-corrected chi connectivity index (χ0v) is 7.69. The highest BCUT2D eigenvalue weighted by Gasteiger charge is 2.12. The number of alkyl halides is 2. The van der Waals surface area contributed by atoms with E-state index in [1.807, 2.05) is 0 Å². The first-order chi connectivity index (χ1) is 6.00. The molecule has 0 bridgehead atoms. The van der Waals surface area contributed by atoms with E-state index in [0.29, 0.717) is 6.07 Å². The van der Waals surface area contributed by atoms with Gasteiger partial charge in [0.25, 0.3) is 0 Å². The maximum Gasteiger partial charge on any atom is 0.387 e. The van der Waals surface area contributed by atoms with E-state index in [4.69, 9.17) is 5.11 Å². The van der Waals surface area contributed by atoms with Crippen LogP contribution in [0, 0.1) is 5.82 Å². The van der Waals surface area contributed by atoms with Crippen LogP contribution in [0.15, 0.2) is 16.6 Å². The van der Waals surface area contributed by atoms with Crippen LogP contribution in [0.2, 0.25) is 0 Å². The van der Waals surface area contributed by atoms with Gasteiger partial charge in [0.1, 0.15) is 5.75 Å². The fourth-order valence-corrected chi connectivity index (χ4v) is 1.03. The number of phenols is 1. The summed E-state index contributed by atoms with van der Waals surface area (Å²) in [5, 5.41) is 8.93. The van der Waals surface area contributed by atoms with Crippen LogP contribution in [0.1, 0.15) is 0 Å². The third-order valence-corrected chi connectivity index (χ3v) is 1.85. The van der Waals surface area contributed by atoms with Crippen molar-refractivity contribution in [3.05, 3.63) is 22.4 Å². The molecule has 0 saturated carbocycles. The van der Waals surface area contributed by atoms with Crippen molar-refractivity contribution in [3.63, 3.8) is 0 Å². The van der Waals surface area contributed by atoms with Crippen molar-refractivity contribution < 1.29 is 23.0 Å². The van der Waals surface area contributed by atoms with E-state index in [9.17, 15) is 13.2 Å². The Kier molecular flexibility index (Phi) is 3.02. The van der Waals surface area contributed by atoms with Gasteiger partial charge in [-0.3, -0.25) is 0 Å². The van der Waals surface area contributed by atoms with E-state index < -0.39 is 18.2 Å². The molecule has 1 N–H and O–H groups in total. The molecule has 0 amide bonds. The first-order valence-corrected chi connectivity index (χ1v) is 3.93. The standard InChI is InChI=1S/C7H4BrF3O2/c8-3-1-6(13-7(10)11)4(9)2-5(3)12/h1-2,7,12H. The number of aromatic hydroxyl groups is 1. The van der Waals surface area contributed by atoms with E-state index in [2.05, 4.69) is 20.7 Å². The third-order valence-electron chi connectivity index (χ3n) is 1.22. The minimum Gasteiger partial charge on any atom is -0.507 e. The number of benzene rings is 1. The van der Waals surface area contributed by atoms with E-state index in [-0.39, 0.29) is 10.2 Å². The zero-order valence-electron chi connectivity index (χ0n) is 6.10. The van der Waals surface area contributed by atoms with Crippen molar-refractivity contribution in [1.29, 1.82) is 0 Å². The molecule has 6 heteroatoms. The predicted octanol–water partition coefficient (Wildman–Crippen LogP) is 2.90. The molecule has 1 aromatic rings. The summed E-state index contributed by atoms with van der Waals surface area (Å²) in [4.78, 5) is 0. The number of rotatable bonds is 2. The summed E-state index contributed by atoms with van der Waals surface area (Å²) < 4.78 is 40.0. The van der Waals surface area contributed by atoms with Gasteiger partial charge in [-0.1, -0.05) is 0 Å². The van der Waals surface area contributed by atoms with Crippen molar-refractivity contribution in [1.82, 2.24) is 0 Å². The van der Waals surface area contributed by atoms with Gasteiger partial charge in [0.15, 0.2) is 11.6 Å². The normalized spacial score (nSPS) is 10.5. The molecule has 0 aliphatic heterocycles. The molecule has 13 heavy (non-hydrogen) atoms. The second-order valence-corrected chi connectivity index (χ2v) is 2.97. The Morgan fingerprint density at radius 2 is 2.00 bits per heavy atom. The summed E-state index contributed by atoms with van der Waals surface area (Å²) in [6.07, 6.45) is 0. The topological polar surface area (TPSA) is 29.5 Å². The summed E-state index contributed by atoms with van der Waals surface area (Å²) in [5.74, 6) is -2.03.